The number of nitrogens with zero attached hydrogens (tertiary/aromatic N) is 3. The maximum atomic E-state index is 12.7. The minimum atomic E-state index is -0.290. The summed E-state index contributed by atoms with van der Waals surface area (Å²) < 4.78 is 2.75. The zero-order valence-electron chi connectivity index (χ0n) is 16.7. The summed E-state index contributed by atoms with van der Waals surface area (Å²) >= 11 is 8.65. The lowest BCUT2D eigenvalue weighted by molar-refractivity contribution is -0.122. The van der Waals surface area contributed by atoms with Crippen molar-refractivity contribution in [1.29, 1.82) is 5.26 Å². The number of nitrogens with one attached hydrogen (secondary N) is 3. The van der Waals surface area contributed by atoms with Gasteiger partial charge in [0.05, 0.1) is 22.7 Å². The van der Waals surface area contributed by atoms with E-state index in [1.807, 2.05) is 65.2 Å². The number of aromatic nitrogens is 2. The quantitative estimate of drug-likeness (QED) is 0.282. The van der Waals surface area contributed by atoms with Gasteiger partial charge < -0.3 is 9.88 Å². The standard InChI is InChI=1S/C23H17BrN6OS/c24-17-4-3-5-18(12-17)26-23(32)29-28-21(31)14-30-20-7-2-1-6-19(20)27-22(30)16-10-8-15(13-25)9-11-16/h1-12H,14H2,(H,28,31)(H2,26,29,32). The molecule has 0 fully saturated rings. The number of anilines is 1. The zero-order valence-corrected chi connectivity index (χ0v) is 19.1. The topological polar surface area (TPSA) is 94.8 Å². The van der Waals surface area contributed by atoms with Gasteiger partial charge in [0.15, 0.2) is 5.11 Å². The summed E-state index contributed by atoms with van der Waals surface area (Å²) in [7, 11) is 0. The average Bonchev–Trinajstić information content (AvgIpc) is 3.16. The van der Waals surface area contributed by atoms with Gasteiger partial charge >= 0.3 is 0 Å². The Kier molecular flexibility index (Phi) is 6.44. The Morgan fingerprint density at radius 3 is 2.59 bits per heavy atom. The first-order chi connectivity index (χ1) is 15.5. The minimum absolute atomic E-state index is 0.0301. The highest BCUT2D eigenvalue weighted by atomic mass is 79.9. The summed E-state index contributed by atoms with van der Waals surface area (Å²) in [6, 6.07) is 24.3. The van der Waals surface area contributed by atoms with Gasteiger partial charge in [0.1, 0.15) is 12.4 Å². The van der Waals surface area contributed by atoms with Crippen molar-refractivity contribution in [3.05, 3.63) is 82.8 Å². The third kappa shape index (κ3) is 4.94. The summed E-state index contributed by atoms with van der Waals surface area (Å²) in [6.07, 6.45) is 0. The molecule has 0 atom stereocenters. The van der Waals surface area contributed by atoms with E-state index >= 15 is 0 Å². The molecule has 3 N–H and O–H groups in total. The number of carbonyl (C=O) groups excluding carboxylic acids is 1. The SMILES string of the molecule is N#Cc1ccc(-c2nc3ccccc3n2CC(=O)NNC(=S)Nc2cccc(Br)c2)cc1. The Labute approximate surface area is 198 Å². The van der Waals surface area contributed by atoms with Crippen LogP contribution in [0.3, 0.4) is 0 Å². The molecule has 0 bridgehead atoms. The lowest BCUT2D eigenvalue weighted by Gasteiger charge is -2.13. The smallest absolute Gasteiger partial charge is 0.258 e. The molecule has 0 spiro atoms. The number of fused-ring (bicyclic) bond motifs is 1. The highest BCUT2D eigenvalue weighted by Gasteiger charge is 2.15. The van der Waals surface area contributed by atoms with Gasteiger partial charge in [0.25, 0.3) is 5.91 Å². The summed E-state index contributed by atoms with van der Waals surface area (Å²) in [4.78, 5) is 17.4. The fraction of sp³-hybridized carbons (Fsp3) is 0.0435. The number of carbonyl (C=O) groups is 1. The van der Waals surface area contributed by atoms with Crippen LogP contribution in [-0.4, -0.2) is 20.6 Å². The Morgan fingerprint density at radius 2 is 1.84 bits per heavy atom. The molecule has 1 aromatic heterocycles. The van der Waals surface area contributed by atoms with Crippen LogP contribution >= 0.6 is 28.1 Å². The monoisotopic (exact) mass is 504 g/mol. The molecule has 0 saturated heterocycles. The number of hydrogen-bond acceptors (Lipinski definition) is 4. The molecule has 0 aliphatic rings. The van der Waals surface area contributed by atoms with E-state index in [2.05, 4.69) is 43.2 Å². The molecular formula is C23H17BrN6OS. The Bertz CT molecular complexity index is 1340. The van der Waals surface area contributed by atoms with Crippen LogP contribution in [0.5, 0.6) is 0 Å². The fourth-order valence-electron chi connectivity index (χ4n) is 3.19. The molecule has 3 aromatic carbocycles. The molecule has 0 unspecified atom stereocenters. The maximum absolute atomic E-state index is 12.7. The second-order valence-electron chi connectivity index (χ2n) is 6.84. The Hall–Kier alpha value is -3.74. The average molecular weight is 505 g/mol. The van der Waals surface area contributed by atoms with Gasteiger partial charge in [-0.15, -0.1) is 0 Å². The van der Waals surface area contributed by atoms with Crippen molar-refractivity contribution in [1.82, 2.24) is 20.4 Å². The molecule has 7 nitrogen and oxygen atoms in total. The third-order valence-electron chi connectivity index (χ3n) is 4.63. The Balaban J connectivity index is 1.49. The van der Waals surface area contributed by atoms with Gasteiger partial charge in [-0.3, -0.25) is 15.6 Å². The molecule has 158 valence electrons. The lowest BCUT2D eigenvalue weighted by Crippen LogP contribution is -2.45. The maximum Gasteiger partial charge on any atom is 0.258 e. The van der Waals surface area contributed by atoms with Gasteiger partial charge in [-0.1, -0.05) is 34.1 Å². The summed E-state index contributed by atoms with van der Waals surface area (Å²) in [5, 5.41) is 12.3. The second kappa shape index (κ2) is 9.60. The number of benzene rings is 3. The second-order valence-corrected chi connectivity index (χ2v) is 8.16. The predicted molar refractivity (Wildman–Crippen MR) is 132 cm³/mol. The van der Waals surface area contributed by atoms with Crippen molar-refractivity contribution in [2.45, 2.75) is 6.54 Å². The first-order valence-corrected chi connectivity index (χ1v) is 10.8. The van der Waals surface area contributed by atoms with Gasteiger partial charge in [0, 0.05) is 15.7 Å². The third-order valence-corrected chi connectivity index (χ3v) is 5.32. The molecule has 9 heteroatoms. The molecular weight excluding hydrogens is 488 g/mol. The van der Waals surface area contributed by atoms with Crippen molar-refractivity contribution in [2.75, 3.05) is 5.32 Å². The first kappa shape index (κ1) is 21.5. The summed E-state index contributed by atoms with van der Waals surface area (Å²) in [6.45, 7) is 0.0301. The van der Waals surface area contributed by atoms with E-state index in [9.17, 15) is 4.79 Å². The summed E-state index contributed by atoms with van der Waals surface area (Å²) in [5.74, 6) is 0.349. The number of imidazole rings is 1. The van der Waals surface area contributed by atoms with Crippen LogP contribution in [-0.2, 0) is 11.3 Å². The highest BCUT2D eigenvalue weighted by Crippen LogP contribution is 2.25. The van der Waals surface area contributed by atoms with E-state index in [0.29, 0.717) is 11.4 Å². The van der Waals surface area contributed by atoms with E-state index in [1.54, 1.807) is 12.1 Å². The number of amides is 1. The molecule has 0 aliphatic heterocycles. The number of hydrazine groups is 1. The van der Waals surface area contributed by atoms with Crippen molar-refractivity contribution >= 4 is 55.9 Å². The van der Waals surface area contributed by atoms with Crippen LogP contribution in [0.25, 0.3) is 22.4 Å². The fourth-order valence-corrected chi connectivity index (χ4v) is 3.76. The van der Waals surface area contributed by atoms with E-state index in [-0.39, 0.29) is 17.6 Å². The zero-order chi connectivity index (χ0) is 22.5. The molecule has 4 aromatic rings. The van der Waals surface area contributed by atoms with Crippen molar-refractivity contribution in [3.8, 4) is 17.5 Å². The van der Waals surface area contributed by atoms with Gasteiger partial charge in [-0.25, -0.2) is 4.98 Å². The van der Waals surface area contributed by atoms with Gasteiger partial charge in [-0.2, -0.15) is 5.26 Å². The van der Waals surface area contributed by atoms with Crippen molar-refractivity contribution in [2.24, 2.45) is 0 Å². The lowest BCUT2D eigenvalue weighted by atomic mass is 10.1. The normalized spacial score (nSPS) is 10.4. The number of hydrogen-bond donors (Lipinski definition) is 3. The van der Waals surface area contributed by atoms with E-state index < -0.39 is 0 Å². The molecule has 1 amide bonds. The number of rotatable bonds is 4. The molecule has 0 aliphatic carbocycles. The van der Waals surface area contributed by atoms with Crippen LogP contribution in [0, 0.1) is 11.3 Å². The molecule has 4 rings (SSSR count). The number of nitriles is 1. The van der Waals surface area contributed by atoms with Crippen LogP contribution < -0.4 is 16.2 Å². The van der Waals surface area contributed by atoms with Crippen LogP contribution in [0.2, 0.25) is 0 Å². The number of thiocarbonyl (C=S) groups is 1. The minimum Gasteiger partial charge on any atom is -0.331 e. The molecule has 1 heterocycles. The van der Waals surface area contributed by atoms with Crippen LogP contribution in [0.15, 0.2) is 77.3 Å². The van der Waals surface area contributed by atoms with Gasteiger partial charge in [0.2, 0.25) is 0 Å². The summed E-state index contributed by atoms with van der Waals surface area (Å²) in [5.41, 5.74) is 9.11. The Morgan fingerprint density at radius 1 is 1.06 bits per heavy atom. The van der Waals surface area contributed by atoms with Crippen LogP contribution in [0.1, 0.15) is 5.56 Å². The number of halogens is 1. The molecule has 0 radical (unpaired) electrons. The number of para-hydroxylation sites is 2. The first-order valence-electron chi connectivity index (χ1n) is 9.61. The molecule has 0 saturated carbocycles. The largest absolute Gasteiger partial charge is 0.331 e. The predicted octanol–water partition coefficient (Wildman–Crippen LogP) is 4.36. The highest BCUT2D eigenvalue weighted by molar-refractivity contribution is 9.10. The molecule has 32 heavy (non-hydrogen) atoms. The van der Waals surface area contributed by atoms with E-state index in [1.165, 1.54) is 0 Å². The van der Waals surface area contributed by atoms with Crippen LogP contribution in [0.4, 0.5) is 5.69 Å². The van der Waals surface area contributed by atoms with E-state index in [4.69, 9.17) is 17.5 Å². The van der Waals surface area contributed by atoms with E-state index in [0.717, 1.165) is 26.8 Å². The van der Waals surface area contributed by atoms with Crippen molar-refractivity contribution < 1.29 is 4.79 Å². The van der Waals surface area contributed by atoms with Gasteiger partial charge in [-0.05, 0) is 66.8 Å². The van der Waals surface area contributed by atoms with Crippen molar-refractivity contribution in [3.63, 3.8) is 0 Å².